The summed E-state index contributed by atoms with van der Waals surface area (Å²) in [6.07, 6.45) is 5.45. The third-order valence-electron chi connectivity index (χ3n) is 2.70. The fourth-order valence-electron chi connectivity index (χ4n) is 1.50. The Labute approximate surface area is 102 Å². The predicted octanol–water partition coefficient (Wildman–Crippen LogP) is 1.75. The number of hydrogen-bond donors (Lipinski definition) is 2. The summed E-state index contributed by atoms with van der Waals surface area (Å²) in [5.41, 5.74) is 0. The Balaban J connectivity index is 1.56. The molecule has 0 saturated heterocycles. The summed E-state index contributed by atoms with van der Waals surface area (Å²) in [4.78, 5) is 8.33. The van der Waals surface area contributed by atoms with E-state index in [0.717, 1.165) is 37.9 Å². The van der Waals surface area contributed by atoms with Gasteiger partial charge in [0.25, 0.3) is 0 Å². The number of aromatic nitrogens is 2. The van der Waals surface area contributed by atoms with E-state index in [1.54, 1.807) is 6.20 Å². The number of hydrogen-bond acceptors (Lipinski definition) is 5. The van der Waals surface area contributed by atoms with Gasteiger partial charge >= 0.3 is 0 Å². The fourth-order valence-corrected chi connectivity index (χ4v) is 1.50. The number of nitrogens with one attached hydrogen (secondary N) is 2. The van der Waals surface area contributed by atoms with Crippen LogP contribution in [-0.4, -0.2) is 36.8 Å². The minimum Gasteiger partial charge on any atom is -0.381 e. The van der Waals surface area contributed by atoms with Gasteiger partial charge in [-0.15, -0.1) is 0 Å². The molecule has 0 aliphatic heterocycles. The second-order valence-electron chi connectivity index (χ2n) is 4.31. The van der Waals surface area contributed by atoms with E-state index in [-0.39, 0.29) is 0 Å². The Morgan fingerprint density at radius 2 is 2.35 bits per heavy atom. The summed E-state index contributed by atoms with van der Waals surface area (Å²) in [7, 11) is 1.81. The maximum Gasteiger partial charge on any atom is 0.224 e. The summed E-state index contributed by atoms with van der Waals surface area (Å²) in [5.74, 6) is 2.34. The first kappa shape index (κ1) is 12.1. The lowest BCUT2D eigenvalue weighted by Crippen LogP contribution is -2.08. The van der Waals surface area contributed by atoms with Crippen molar-refractivity contribution in [2.75, 3.05) is 37.4 Å². The lowest BCUT2D eigenvalue weighted by molar-refractivity contribution is 0.124. The Kier molecular flexibility index (Phi) is 4.55. The highest BCUT2D eigenvalue weighted by atomic mass is 16.5. The first-order valence-electron chi connectivity index (χ1n) is 6.21. The van der Waals surface area contributed by atoms with Crippen LogP contribution in [0.25, 0.3) is 0 Å². The van der Waals surface area contributed by atoms with E-state index < -0.39 is 0 Å². The third-order valence-corrected chi connectivity index (χ3v) is 2.70. The molecule has 1 aromatic rings. The van der Waals surface area contributed by atoms with Crippen LogP contribution in [0.15, 0.2) is 12.3 Å². The average molecular weight is 236 g/mol. The molecule has 0 bridgehead atoms. The normalized spacial score (nSPS) is 14.6. The van der Waals surface area contributed by atoms with Gasteiger partial charge in [0.15, 0.2) is 0 Å². The first-order chi connectivity index (χ1) is 8.38. The molecule has 1 aliphatic rings. The van der Waals surface area contributed by atoms with Crippen LogP contribution in [0.1, 0.15) is 19.3 Å². The number of ether oxygens (including phenoxy) is 1. The zero-order valence-electron chi connectivity index (χ0n) is 10.3. The van der Waals surface area contributed by atoms with Crippen LogP contribution < -0.4 is 10.6 Å². The lowest BCUT2D eigenvalue weighted by atomic mass is 10.4. The molecule has 17 heavy (non-hydrogen) atoms. The van der Waals surface area contributed by atoms with Crippen LogP contribution in [0.5, 0.6) is 0 Å². The van der Waals surface area contributed by atoms with Gasteiger partial charge in [-0.05, 0) is 31.2 Å². The quantitative estimate of drug-likeness (QED) is 0.673. The molecule has 2 N–H and O–H groups in total. The van der Waals surface area contributed by atoms with Crippen LogP contribution in [0.2, 0.25) is 0 Å². The Hall–Kier alpha value is -1.36. The average Bonchev–Trinajstić information content (AvgIpc) is 3.18. The second-order valence-corrected chi connectivity index (χ2v) is 4.31. The highest BCUT2D eigenvalue weighted by Crippen LogP contribution is 2.28. The van der Waals surface area contributed by atoms with E-state index in [1.807, 2.05) is 13.1 Å². The van der Waals surface area contributed by atoms with E-state index in [4.69, 9.17) is 4.74 Å². The Morgan fingerprint density at radius 1 is 1.47 bits per heavy atom. The summed E-state index contributed by atoms with van der Waals surface area (Å²) < 4.78 is 5.56. The van der Waals surface area contributed by atoms with Gasteiger partial charge in [0.05, 0.1) is 0 Å². The van der Waals surface area contributed by atoms with Crippen molar-refractivity contribution in [1.29, 1.82) is 0 Å². The maximum absolute atomic E-state index is 5.56. The lowest BCUT2D eigenvalue weighted by Gasteiger charge is -2.07. The third kappa shape index (κ3) is 4.56. The van der Waals surface area contributed by atoms with Gasteiger partial charge in [0, 0.05) is 33.0 Å². The summed E-state index contributed by atoms with van der Waals surface area (Å²) in [5, 5.41) is 6.16. The molecule has 0 aromatic carbocycles. The molecule has 1 heterocycles. The van der Waals surface area contributed by atoms with Gasteiger partial charge in [-0.1, -0.05) is 0 Å². The predicted molar refractivity (Wildman–Crippen MR) is 68.2 cm³/mol. The van der Waals surface area contributed by atoms with Crippen LogP contribution in [-0.2, 0) is 4.74 Å². The van der Waals surface area contributed by atoms with Gasteiger partial charge in [-0.3, -0.25) is 0 Å². The first-order valence-corrected chi connectivity index (χ1v) is 6.21. The van der Waals surface area contributed by atoms with Crippen molar-refractivity contribution < 1.29 is 4.74 Å². The molecule has 5 heteroatoms. The standard InChI is InChI=1S/C12H20N4O/c1-13-12-15-7-5-11(16-12)14-6-2-8-17-9-10-3-4-10/h5,7,10H,2-4,6,8-9H2,1H3,(H2,13,14,15,16). The molecule has 1 aromatic heterocycles. The minimum absolute atomic E-state index is 0.639. The molecule has 2 rings (SSSR count). The number of nitrogens with zero attached hydrogens (tertiary/aromatic N) is 2. The minimum atomic E-state index is 0.639. The summed E-state index contributed by atoms with van der Waals surface area (Å²) >= 11 is 0. The molecule has 0 amide bonds. The maximum atomic E-state index is 5.56. The Bertz CT molecular complexity index is 341. The molecule has 94 valence electrons. The van der Waals surface area contributed by atoms with Gasteiger partial charge < -0.3 is 15.4 Å². The SMILES string of the molecule is CNc1nccc(NCCCOCC2CC2)n1. The topological polar surface area (TPSA) is 59.1 Å². The van der Waals surface area contributed by atoms with E-state index in [1.165, 1.54) is 12.8 Å². The van der Waals surface area contributed by atoms with Crippen molar-refractivity contribution in [3.05, 3.63) is 12.3 Å². The van der Waals surface area contributed by atoms with Crippen molar-refractivity contribution in [1.82, 2.24) is 9.97 Å². The van der Waals surface area contributed by atoms with Crippen molar-refractivity contribution in [2.24, 2.45) is 5.92 Å². The van der Waals surface area contributed by atoms with Crippen LogP contribution in [0, 0.1) is 5.92 Å². The smallest absolute Gasteiger partial charge is 0.224 e. The van der Waals surface area contributed by atoms with Gasteiger partial charge in [0.2, 0.25) is 5.95 Å². The van der Waals surface area contributed by atoms with E-state index in [9.17, 15) is 0 Å². The highest BCUT2D eigenvalue weighted by Gasteiger charge is 2.20. The summed E-state index contributed by atoms with van der Waals surface area (Å²) in [6, 6.07) is 1.87. The van der Waals surface area contributed by atoms with E-state index >= 15 is 0 Å². The van der Waals surface area contributed by atoms with Crippen LogP contribution in [0.4, 0.5) is 11.8 Å². The highest BCUT2D eigenvalue weighted by molar-refractivity contribution is 5.38. The van der Waals surface area contributed by atoms with Crippen molar-refractivity contribution >= 4 is 11.8 Å². The van der Waals surface area contributed by atoms with Gasteiger partial charge in [0.1, 0.15) is 5.82 Å². The van der Waals surface area contributed by atoms with Crippen molar-refractivity contribution in [2.45, 2.75) is 19.3 Å². The largest absolute Gasteiger partial charge is 0.381 e. The zero-order valence-corrected chi connectivity index (χ0v) is 10.3. The monoisotopic (exact) mass is 236 g/mol. The number of anilines is 2. The molecule has 5 nitrogen and oxygen atoms in total. The van der Waals surface area contributed by atoms with Gasteiger partial charge in [-0.2, -0.15) is 4.98 Å². The molecular formula is C12H20N4O. The van der Waals surface area contributed by atoms with E-state index in [2.05, 4.69) is 20.6 Å². The molecular weight excluding hydrogens is 216 g/mol. The molecule has 0 spiro atoms. The summed E-state index contributed by atoms with van der Waals surface area (Å²) in [6.45, 7) is 2.65. The van der Waals surface area contributed by atoms with Gasteiger partial charge in [-0.25, -0.2) is 4.98 Å². The molecule has 0 radical (unpaired) electrons. The molecule has 1 fully saturated rings. The molecule has 0 atom stereocenters. The van der Waals surface area contributed by atoms with Crippen LogP contribution in [0.3, 0.4) is 0 Å². The van der Waals surface area contributed by atoms with E-state index in [0.29, 0.717) is 5.95 Å². The van der Waals surface area contributed by atoms with Crippen molar-refractivity contribution in [3.8, 4) is 0 Å². The zero-order chi connectivity index (χ0) is 11.9. The molecule has 1 aliphatic carbocycles. The van der Waals surface area contributed by atoms with Crippen LogP contribution >= 0.6 is 0 Å². The number of rotatable bonds is 8. The second kappa shape index (κ2) is 6.39. The fraction of sp³-hybridized carbons (Fsp3) is 0.667. The molecule has 0 unspecified atom stereocenters. The van der Waals surface area contributed by atoms with Crippen molar-refractivity contribution in [3.63, 3.8) is 0 Å². The molecule has 1 saturated carbocycles. The Morgan fingerprint density at radius 3 is 3.12 bits per heavy atom.